The van der Waals surface area contributed by atoms with Crippen LogP contribution in [0, 0.1) is 0 Å². The van der Waals surface area contributed by atoms with Crippen LogP contribution in [0.25, 0.3) is 0 Å². The minimum Gasteiger partial charge on any atom is -0.465 e. The summed E-state index contributed by atoms with van der Waals surface area (Å²) < 4.78 is 10.7. The smallest absolute Gasteiger partial charge is 0.325 e. The topological polar surface area (TPSA) is 47.6 Å². The third kappa shape index (κ3) is 4.04. The van der Waals surface area contributed by atoms with Crippen molar-refractivity contribution in [3.05, 3.63) is 35.9 Å². The molecule has 0 radical (unpaired) electrons. The predicted molar refractivity (Wildman–Crippen MR) is 72.7 cm³/mol. The van der Waals surface area contributed by atoms with Crippen molar-refractivity contribution < 1.29 is 14.3 Å². The first kappa shape index (κ1) is 14.0. The summed E-state index contributed by atoms with van der Waals surface area (Å²) in [5, 5.41) is 3.26. The molecular weight excluding hydrogens is 242 g/mol. The zero-order valence-electron chi connectivity index (χ0n) is 11.3. The first-order chi connectivity index (χ1) is 9.31. The molecule has 1 fully saturated rings. The summed E-state index contributed by atoms with van der Waals surface area (Å²) in [6, 6.07) is 9.65. The molecule has 1 aliphatic rings. The number of rotatable bonds is 6. The molecule has 1 aromatic carbocycles. The fourth-order valence-electron chi connectivity index (χ4n) is 2.29. The average Bonchev–Trinajstić information content (AvgIpc) is 2.94. The Hall–Kier alpha value is -1.39. The van der Waals surface area contributed by atoms with Crippen molar-refractivity contribution in [2.24, 2.45) is 0 Å². The van der Waals surface area contributed by atoms with Crippen LogP contribution in [0.4, 0.5) is 0 Å². The maximum atomic E-state index is 12.0. The quantitative estimate of drug-likeness (QED) is 0.796. The van der Waals surface area contributed by atoms with Crippen LogP contribution < -0.4 is 5.32 Å². The van der Waals surface area contributed by atoms with E-state index in [1.54, 1.807) is 0 Å². The second kappa shape index (κ2) is 7.26. The highest BCUT2D eigenvalue weighted by Gasteiger charge is 2.32. The van der Waals surface area contributed by atoms with Crippen LogP contribution in [0.2, 0.25) is 0 Å². The van der Waals surface area contributed by atoms with Crippen molar-refractivity contribution in [2.45, 2.75) is 38.5 Å². The predicted octanol–water partition coefficient (Wildman–Crippen LogP) is 1.89. The van der Waals surface area contributed by atoms with Gasteiger partial charge in [0.25, 0.3) is 0 Å². The highest BCUT2D eigenvalue weighted by Crippen LogP contribution is 2.17. The number of hydrogen-bond donors (Lipinski definition) is 1. The first-order valence-corrected chi connectivity index (χ1v) is 6.87. The number of nitrogens with one attached hydrogen (secondary N) is 1. The van der Waals surface area contributed by atoms with Crippen molar-refractivity contribution >= 4 is 5.97 Å². The van der Waals surface area contributed by atoms with Crippen molar-refractivity contribution in [3.8, 4) is 0 Å². The molecule has 1 N–H and O–H groups in total. The van der Waals surface area contributed by atoms with E-state index in [0.29, 0.717) is 13.2 Å². The van der Waals surface area contributed by atoms with Crippen molar-refractivity contribution in [2.75, 3.05) is 13.2 Å². The standard InChI is InChI=1S/C15H21NO3/c1-2-18-15(17)14(13-9-6-10-19-13)16-11-12-7-4-3-5-8-12/h3-5,7-8,13-14,16H,2,6,9-11H2,1H3. The van der Waals surface area contributed by atoms with Gasteiger partial charge in [-0.2, -0.15) is 0 Å². The van der Waals surface area contributed by atoms with E-state index in [2.05, 4.69) is 5.32 Å². The molecule has 104 valence electrons. The molecule has 0 saturated carbocycles. The maximum Gasteiger partial charge on any atom is 0.325 e. The second-order valence-electron chi connectivity index (χ2n) is 4.65. The van der Waals surface area contributed by atoms with Crippen LogP contribution in [0.5, 0.6) is 0 Å². The Bertz CT molecular complexity index is 388. The van der Waals surface area contributed by atoms with Gasteiger partial charge >= 0.3 is 5.97 Å². The van der Waals surface area contributed by atoms with Gasteiger partial charge in [-0.15, -0.1) is 0 Å². The summed E-state index contributed by atoms with van der Waals surface area (Å²) in [6.07, 6.45) is 1.85. The molecule has 2 atom stereocenters. The Labute approximate surface area is 114 Å². The van der Waals surface area contributed by atoms with Gasteiger partial charge in [-0.3, -0.25) is 10.1 Å². The van der Waals surface area contributed by atoms with Crippen LogP contribution in [0.1, 0.15) is 25.3 Å². The zero-order chi connectivity index (χ0) is 13.5. The van der Waals surface area contributed by atoms with Gasteiger partial charge in [-0.05, 0) is 25.3 Å². The molecule has 0 spiro atoms. The summed E-state index contributed by atoms with van der Waals surface area (Å²) >= 11 is 0. The van der Waals surface area contributed by atoms with E-state index in [9.17, 15) is 4.79 Å². The molecule has 4 heteroatoms. The van der Waals surface area contributed by atoms with E-state index in [4.69, 9.17) is 9.47 Å². The fraction of sp³-hybridized carbons (Fsp3) is 0.533. The number of carbonyl (C=O) groups is 1. The normalized spacial score (nSPS) is 20.2. The van der Waals surface area contributed by atoms with Crippen LogP contribution in [-0.4, -0.2) is 31.3 Å². The number of carbonyl (C=O) groups excluding carboxylic acids is 1. The largest absolute Gasteiger partial charge is 0.465 e. The summed E-state index contributed by atoms with van der Waals surface area (Å²) in [5.74, 6) is -0.217. The van der Waals surface area contributed by atoms with Crippen molar-refractivity contribution in [1.82, 2.24) is 5.32 Å². The van der Waals surface area contributed by atoms with Gasteiger partial charge in [0.15, 0.2) is 0 Å². The molecule has 1 saturated heterocycles. The van der Waals surface area contributed by atoms with Gasteiger partial charge in [-0.25, -0.2) is 0 Å². The lowest BCUT2D eigenvalue weighted by molar-refractivity contribution is -0.149. The summed E-state index contributed by atoms with van der Waals surface area (Å²) in [6.45, 7) is 3.59. The number of benzene rings is 1. The fourth-order valence-corrected chi connectivity index (χ4v) is 2.29. The first-order valence-electron chi connectivity index (χ1n) is 6.87. The van der Waals surface area contributed by atoms with Crippen LogP contribution >= 0.6 is 0 Å². The molecule has 1 aliphatic heterocycles. The van der Waals surface area contributed by atoms with Crippen LogP contribution in [-0.2, 0) is 20.8 Å². The Balaban J connectivity index is 1.95. The monoisotopic (exact) mass is 263 g/mol. The molecule has 0 bridgehead atoms. The van der Waals surface area contributed by atoms with E-state index in [1.165, 1.54) is 0 Å². The molecule has 2 unspecified atom stereocenters. The third-order valence-electron chi connectivity index (χ3n) is 3.25. The lowest BCUT2D eigenvalue weighted by Gasteiger charge is -2.22. The molecular formula is C15H21NO3. The molecule has 1 heterocycles. The Morgan fingerprint density at radius 2 is 2.26 bits per heavy atom. The van der Waals surface area contributed by atoms with Crippen molar-refractivity contribution in [3.63, 3.8) is 0 Å². The summed E-state index contributed by atoms with van der Waals surface area (Å²) in [7, 11) is 0. The molecule has 1 aromatic rings. The molecule has 0 aliphatic carbocycles. The Morgan fingerprint density at radius 1 is 1.47 bits per heavy atom. The minimum absolute atomic E-state index is 0.0669. The van der Waals surface area contributed by atoms with Gasteiger partial charge in [0, 0.05) is 13.2 Å². The summed E-state index contributed by atoms with van der Waals surface area (Å²) in [4.78, 5) is 12.0. The lowest BCUT2D eigenvalue weighted by atomic mass is 10.1. The molecule has 0 aromatic heterocycles. The lowest BCUT2D eigenvalue weighted by Crippen LogP contribution is -2.46. The zero-order valence-corrected chi connectivity index (χ0v) is 11.3. The van der Waals surface area contributed by atoms with Gasteiger partial charge < -0.3 is 9.47 Å². The SMILES string of the molecule is CCOC(=O)C(NCc1ccccc1)C1CCCO1. The highest BCUT2D eigenvalue weighted by atomic mass is 16.5. The van der Waals surface area contributed by atoms with Crippen molar-refractivity contribution in [1.29, 1.82) is 0 Å². The molecule has 19 heavy (non-hydrogen) atoms. The van der Waals surface area contributed by atoms with Gasteiger partial charge in [0.1, 0.15) is 6.04 Å². The van der Waals surface area contributed by atoms with E-state index in [0.717, 1.165) is 25.0 Å². The number of ether oxygens (including phenoxy) is 2. The molecule has 2 rings (SSSR count). The van der Waals surface area contributed by atoms with E-state index in [-0.39, 0.29) is 18.1 Å². The minimum atomic E-state index is -0.373. The molecule has 4 nitrogen and oxygen atoms in total. The Kier molecular flexibility index (Phi) is 5.36. The average molecular weight is 263 g/mol. The number of hydrogen-bond acceptors (Lipinski definition) is 4. The van der Waals surface area contributed by atoms with Crippen LogP contribution in [0.15, 0.2) is 30.3 Å². The van der Waals surface area contributed by atoms with E-state index in [1.807, 2.05) is 37.3 Å². The third-order valence-corrected chi connectivity index (χ3v) is 3.25. The Morgan fingerprint density at radius 3 is 2.89 bits per heavy atom. The maximum absolute atomic E-state index is 12.0. The van der Waals surface area contributed by atoms with Gasteiger partial charge in [0.2, 0.25) is 0 Å². The van der Waals surface area contributed by atoms with Gasteiger partial charge in [0.05, 0.1) is 12.7 Å². The highest BCUT2D eigenvalue weighted by molar-refractivity contribution is 5.76. The number of esters is 1. The van der Waals surface area contributed by atoms with Crippen LogP contribution in [0.3, 0.4) is 0 Å². The molecule has 0 amide bonds. The van der Waals surface area contributed by atoms with E-state index < -0.39 is 0 Å². The summed E-state index contributed by atoms with van der Waals surface area (Å²) in [5.41, 5.74) is 1.15. The second-order valence-corrected chi connectivity index (χ2v) is 4.65. The van der Waals surface area contributed by atoms with Gasteiger partial charge in [-0.1, -0.05) is 30.3 Å². The van der Waals surface area contributed by atoms with E-state index >= 15 is 0 Å².